The molecule has 0 radical (unpaired) electrons. The van der Waals surface area contributed by atoms with Crippen molar-refractivity contribution in [1.29, 1.82) is 0 Å². The second-order valence-corrected chi connectivity index (χ2v) is 5.03. The lowest BCUT2D eigenvalue weighted by molar-refractivity contribution is -0.125. The van der Waals surface area contributed by atoms with E-state index in [2.05, 4.69) is 10.6 Å². The average molecular weight is 242 g/mol. The maximum Gasteiger partial charge on any atom is 0.223 e. The Balaban J connectivity index is 2.07. The number of hydrogen-bond acceptors (Lipinski definition) is 3. The summed E-state index contributed by atoms with van der Waals surface area (Å²) in [5.41, 5.74) is 0. The third-order valence-electron chi connectivity index (χ3n) is 3.27. The average Bonchev–Trinajstić information content (AvgIpc) is 2.56. The topological polar surface area (TPSA) is 61.4 Å². The summed E-state index contributed by atoms with van der Waals surface area (Å²) in [5.74, 6) is 0.444. The highest BCUT2D eigenvalue weighted by molar-refractivity contribution is 5.78. The smallest absolute Gasteiger partial charge is 0.223 e. The van der Waals surface area contributed by atoms with Gasteiger partial charge in [-0.05, 0) is 19.8 Å². The molecule has 1 aliphatic rings. The first-order chi connectivity index (χ1) is 8.20. The monoisotopic (exact) mass is 242 g/mol. The van der Waals surface area contributed by atoms with Crippen LogP contribution in [0.5, 0.6) is 0 Å². The van der Waals surface area contributed by atoms with Crippen LogP contribution in [0.3, 0.4) is 0 Å². The summed E-state index contributed by atoms with van der Waals surface area (Å²) in [7, 11) is 0. The standard InChI is InChI=1S/C13H26N2O2/c1-11(16)10-14-8-9-15-13(17)12-6-4-2-3-5-7-12/h11-12,14,16H,2-10H2,1H3,(H,15,17). The van der Waals surface area contributed by atoms with Crippen LogP contribution in [0.25, 0.3) is 0 Å². The van der Waals surface area contributed by atoms with E-state index in [-0.39, 0.29) is 17.9 Å². The van der Waals surface area contributed by atoms with Gasteiger partial charge in [0.25, 0.3) is 0 Å². The van der Waals surface area contributed by atoms with Crippen LogP contribution in [0.15, 0.2) is 0 Å². The van der Waals surface area contributed by atoms with Crippen LogP contribution in [0.4, 0.5) is 0 Å². The zero-order valence-electron chi connectivity index (χ0n) is 10.9. The summed E-state index contributed by atoms with van der Waals surface area (Å²) in [6, 6.07) is 0. The Hall–Kier alpha value is -0.610. The summed E-state index contributed by atoms with van der Waals surface area (Å²) < 4.78 is 0. The molecule has 3 N–H and O–H groups in total. The fourth-order valence-corrected chi connectivity index (χ4v) is 2.27. The van der Waals surface area contributed by atoms with Gasteiger partial charge in [0.2, 0.25) is 5.91 Å². The van der Waals surface area contributed by atoms with Crippen molar-refractivity contribution in [3.63, 3.8) is 0 Å². The molecule has 4 nitrogen and oxygen atoms in total. The molecule has 4 heteroatoms. The van der Waals surface area contributed by atoms with Gasteiger partial charge in [-0.1, -0.05) is 25.7 Å². The minimum atomic E-state index is -0.326. The fraction of sp³-hybridized carbons (Fsp3) is 0.923. The summed E-state index contributed by atoms with van der Waals surface area (Å²) in [4.78, 5) is 11.9. The first-order valence-electron chi connectivity index (χ1n) is 6.86. The first-order valence-corrected chi connectivity index (χ1v) is 6.86. The van der Waals surface area contributed by atoms with Crippen LogP contribution in [-0.2, 0) is 4.79 Å². The highest BCUT2D eigenvalue weighted by Gasteiger charge is 2.19. The molecule has 0 saturated heterocycles. The molecule has 1 saturated carbocycles. The highest BCUT2D eigenvalue weighted by Crippen LogP contribution is 2.22. The third kappa shape index (κ3) is 6.64. The van der Waals surface area contributed by atoms with Crippen molar-refractivity contribution in [1.82, 2.24) is 10.6 Å². The molecule has 1 aliphatic carbocycles. The van der Waals surface area contributed by atoms with Crippen LogP contribution < -0.4 is 10.6 Å². The van der Waals surface area contributed by atoms with Gasteiger partial charge in [0.1, 0.15) is 0 Å². The SMILES string of the molecule is CC(O)CNCCNC(=O)C1CCCCCC1. The minimum absolute atomic E-state index is 0.214. The third-order valence-corrected chi connectivity index (χ3v) is 3.27. The molecule has 0 aromatic heterocycles. The minimum Gasteiger partial charge on any atom is -0.392 e. The summed E-state index contributed by atoms with van der Waals surface area (Å²) in [5, 5.41) is 15.1. The largest absolute Gasteiger partial charge is 0.392 e. The Morgan fingerprint density at radius 2 is 1.88 bits per heavy atom. The molecule has 1 rings (SSSR count). The molecule has 1 atom stereocenters. The van der Waals surface area contributed by atoms with Crippen molar-refractivity contribution in [2.24, 2.45) is 5.92 Å². The van der Waals surface area contributed by atoms with E-state index in [1.165, 1.54) is 25.7 Å². The van der Waals surface area contributed by atoms with E-state index in [0.717, 1.165) is 19.4 Å². The number of rotatable bonds is 6. The number of amides is 1. The van der Waals surface area contributed by atoms with Gasteiger partial charge >= 0.3 is 0 Å². The Bertz CT molecular complexity index is 211. The quantitative estimate of drug-likeness (QED) is 0.482. The first kappa shape index (κ1) is 14.5. The van der Waals surface area contributed by atoms with E-state index in [0.29, 0.717) is 13.1 Å². The highest BCUT2D eigenvalue weighted by atomic mass is 16.3. The molecule has 1 fully saturated rings. The van der Waals surface area contributed by atoms with Crippen molar-refractivity contribution >= 4 is 5.91 Å². The second kappa shape index (κ2) is 8.48. The van der Waals surface area contributed by atoms with E-state index in [1.807, 2.05) is 0 Å². The van der Waals surface area contributed by atoms with E-state index in [9.17, 15) is 4.79 Å². The predicted octanol–water partition coefficient (Wildman–Crippen LogP) is 1.04. The number of aliphatic hydroxyl groups is 1. The van der Waals surface area contributed by atoms with Gasteiger partial charge in [-0.15, -0.1) is 0 Å². The predicted molar refractivity (Wildman–Crippen MR) is 68.8 cm³/mol. The summed E-state index contributed by atoms with van der Waals surface area (Å²) >= 11 is 0. The number of hydrogen-bond donors (Lipinski definition) is 3. The van der Waals surface area contributed by atoms with E-state index < -0.39 is 0 Å². The van der Waals surface area contributed by atoms with E-state index in [4.69, 9.17) is 5.11 Å². The molecule has 1 unspecified atom stereocenters. The maximum atomic E-state index is 11.9. The zero-order valence-corrected chi connectivity index (χ0v) is 10.9. The van der Waals surface area contributed by atoms with Crippen molar-refractivity contribution in [3.05, 3.63) is 0 Å². The lowest BCUT2D eigenvalue weighted by atomic mass is 9.99. The molecular formula is C13H26N2O2. The van der Waals surface area contributed by atoms with Crippen LogP contribution in [0, 0.1) is 5.92 Å². The summed E-state index contributed by atoms with van der Waals surface area (Å²) in [6.07, 6.45) is 6.71. The molecule has 1 amide bonds. The Morgan fingerprint density at radius 3 is 2.47 bits per heavy atom. The molecule has 0 aromatic rings. The fourth-order valence-electron chi connectivity index (χ4n) is 2.27. The van der Waals surface area contributed by atoms with Crippen LogP contribution >= 0.6 is 0 Å². The van der Waals surface area contributed by atoms with Gasteiger partial charge < -0.3 is 15.7 Å². The van der Waals surface area contributed by atoms with Gasteiger partial charge in [-0.3, -0.25) is 4.79 Å². The normalized spacial score (nSPS) is 19.6. The Morgan fingerprint density at radius 1 is 1.24 bits per heavy atom. The number of aliphatic hydroxyl groups excluding tert-OH is 1. The van der Waals surface area contributed by atoms with Crippen LogP contribution in [-0.4, -0.2) is 36.8 Å². The van der Waals surface area contributed by atoms with Crippen molar-refractivity contribution in [2.45, 2.75) is 51.6 Å². The van der Waals surface area contributed by atoms with Crippen LogP contribution in [0.1, 0.15) is 45.4 Å². The van der Waals surface area contributed by atoms with Gasteiger partial charge in [-0.2, -0.15) is 0 Å². The van der Waals surface area contributed by atoms with Gasteiger partial charge in [0.15, 0.2) is 0 Å². The van der Waals surface area contributed by atoms with Gasteiger partial charge in [0.05, 0.1) is 6.10 Å². The lowest BCUT2D eigenvalue weighted by Gasteiger charge is -2.14. The maximum absolute atomic E-state index is 11.9. The van der Waals surface area contributed by atoms with Gasteiger partial charge in [0, 0.05) is 25.6 Å². The molecule has 0 aromatic carbocycles. The zero-order chi connectivity index (χ0) is 12.5. The molecule has 0 bridgehead atoms. The van der Waals surface area contributed by atoms with Crippen molar-refractivity contribution in [3.8, 4) is 0 Å². The second-order valence-electron chi connectivity index (χ2n) is 5.03. The lowest BCUT2D eigenvalue weighted by Crippen LogP contribution is -2.37. The molecule has 0 spiro atoms. The molecule has 100 valence electrons. The van der Waals surface area contributed by atoms with Gasteiger partial charge in [-0.25, -0.2) is 0 Å². The summed E-state index contributed by atoms with van der Waals surface area (Å²) in [6.45, 7) is 3.71. The molecule has 17 heavy (non-hydrogen) atoms. The van der Waals surface area contributed by atoms with Crippen molar-refractivity contribution < 1.29 is 9.90 Å². The van der Waals surface area contributed by atoms with E-state index in [1.54, 1.807) is 6.92 Å². The number of nitrogens with one attached hydrogen (secondary N) is 2. The van der Waals surface area contributed by atoms with Crippen molar-refractivity contribution in [2.75, 3.05) is 19.6 Å². The number of carbonyl (C=O) groups is 1. The Kier molecular flexibility index (Phi) is 7.21. The van der Waals surface area contributed by atoms with E-state index >= 15 is 0 Å². The Labute approximate surface area is 104 Å². The van der Waals surface area contributed by atoms with Crippen LogP contribution in [0.2, 0.25) is 0 Å². The molecule has 0 heterocycles. The number of carbonyl (C=O) groups excluding carboxylic acids is 1. The molecule has 0 aliphatic heterocycles. The molecular weight excluding hydrogens is 216 g/mol.